The van der Waals surface area contributed by atoms with E-state index in [1.54, 1.807) is 6.07 Å². The molecule has 0 spiro atoms. The van der Waals surface area contributed by atoms with Crippen LogP contribution < -0.4 is 5.32 Å². The summed E-state index contributed by atoms with van der Waals surface area (Å²) in [6, 6.07) is 13.8. The molecule has 4 nitrogen and oxygen atoms in total. The summed E-state index contributed by atoms with van der Waals surface area (Å²) >= 11 is 3.47. The second-order valence-electron chi connectivity index (χ2n) is 5.17. The summed E-state index contributed by atoms with van der Waals surface area (Å²) in [5.41, 5.74) is 2.02. The molecule has 0 radical (unpaired) electrons. The van der Waals surface area contributed by atoms with Gasteiger partial charge >= 0.3 is 0 Å². The van der Waals surface area contributed by atoms with E-state index in [4.69, 9.17) is 0 Å². The van der Waals surface area contributed by atoms with E-state index in [1.807, 2.05) is 31.3 Å². The van der Waals surface area contributed by atoms with E-state index in [-0.39, 0.29) is 5.91 Å². The fraction of sp³-hybridized carbons (Fsp3) is 0.176. The zero-order valence-corrected chi connectivity index (χ0v) is 13.8. The zero-order valence-electron chi connectivity index (χ0n) is 12.2. The molecular formula is C17H16BrN3O. The van der Waals surface area contributed by atoms with Crippen LogP contribution in [0.4, 0.5) is 5.82 Å². The van der Waals surface area contributed by atoms with Gasteiger partial charge in [0.25, 0.3) is 0 Å². The lowest BCUT2D eigenvalue weighted by Gasteiger charge is -2.07. The zero-order chi connectivity index (χ0) is 15.5. The number of rotatable bonds is 4. The molecule has 1 aromatic carbocycles. The number of aryl methyl sites for hydroxylation is 2. The van der Waals surface area contributed by atoms with Crippen molar-refractivity contribution >= 4 is 38.6 Å². The molecule has 0 saturated heterocycles. The molecule has 0 aliphatic carbocycles. The Morgan fingerprint density at radius 2 is 2.14 bits per heavy atom. The molecule has 112 valence electrons. The van der Waals surface area contributed by atoms with Crippen LogP contribution in [0.3, 0.4) is 0 Å². The predicted molar refractivity (Wildman–Crippen MR) is 91.9 cm³/mol. The number of amides is 1. The SMILES string of the molecule is Cc1cccc(NC(=O)CCn2ccc3cc(Br)ccc32)n1. The number of nitrogens with zero attached hydrogens (tertiary/aromatic N) is 2. The maximum Gasteiger partial charge on any atom is 0.227 e. The number of carbonyl (C=O) groups excluding carboxylic acids is 1. The second-order valence-corrected chi connectivity index (χ2v) is 6.09. The predicted octanol–water partition coefficient (Wildman–Crippen LogP) is 4.14. The molecule has 0 unspecified atom stereocenters. The standard InChI is InChI=1S/C17H16BrN3O/c1-12-3-2-4-16(19-12)20-17(22)8-10-21-9-7-13-11-14(18)5-6-15(13)21/h2-7,9,11H,8,10H2,1H3,(H,19,20,22). The normalized spacial score (nSPS) is 10.8. The largest absolute Gasteiger partial charge is 0.347 e. The Balaban J connectivity index is 1.65. The molecule has 1 amide bonds. The molecule has 0 aliphatic heterocycles. The van der Waals surface area contributed by atoms with E-state index in [1.165, 1.54) is 0 Å². The third-order valence-electron chi connectivity index (χ3n) is 3.47. The van der Waals surface area contributed by atoms with Crippen molar-refractivity contribution in [1.29, 1.82) is 0 Å². The molecule has 22 heavy (non-hydrogen) atoms. The van der Waals surface area contributed by atoms with E-state index < -0.39 is 0 Å². The minimum Gasteiger partial charge on any atom is -0.347 e. The summed E-state index contributed by atoms with van der Waals surface area (Å²) in [5.74, 6) is 0.573. The number of aromatic nitrogens is 2. The lowest BCUT2D eigenvalue weighted by molar-refractivity contribution is -0.116. The summed E-state index contributed by atoms with van der Waals surface area (Å²) in [6.07, 6.45) is 2.42. The van der Waals surface area contributed by atoms with Gasteiger partial charge < -0.3 is 9.88 Å². The van der Waals surface area contributed by atoms with Gasteiger partial charge in [-0.2, -0.15) is 0 Å². The van der Waals surface area contributed by atoms with Crippen molar-refractivity contribution in [3.05, 3.63) is 58.8 Å². The number of benzene rings is 1. The van der Waals surface area contributed by atoms with Gasteiger partial charge in [-0.15, -0.1) is 0 Å². The quantitative estimate of drug-likeness (QED) is 0.762. The van der Waals surface area contributed by atoms with Crippen LogP contribution in [-0.4, -0.2) is 15.5 Å². The highest BCUT2D eigenvalue weighted by atomic mass is 79.9. The van der Waals surface area contributed by atoms with Crippen molar-refractivity contribution in [3.63, 3.8) is 0 Å². The number of nitrogens with one attached hydrogen (secondary N) is 1. The van der Waals surface area contributed by atoms with Crippen molar-refractivity contribution < 1.29 is 4.79 Å². The Bertz CT molecular complexity index is 826. The lowest BCUT2D eigenvalue weighted by atomic mass is 10.2. The minimum atomic E-state index is -0.0305. The molecule has 2 heterocycles. The lowest BCUT2D eigenvalue weighted by Crippen LogP contribution is -2.15. The maximum absolute atomic E-state index is 12.0. The average Bonchev–Trinajstić information content (AvgIpc) is 2.87. The summed E-state index contributed by atoms with van der Waals surface area (Å²) in [4.78, 5) is 16.3. The van der Waals surface area contributed by atoms with Gasteiger partial charge in [0.1, 0.15) is 5.82 Å². The Morgan fingerprint density at radius 3 is 2.95 bits per heavy atom. The Morgan fingerprint density at radius 1 is 1.27 bits per heavy atom. The monoisotopic (exact) mass is 357 g/mol. The fourth-order valence-electron chi connectivity index (χ4n) is 2.41. The number of pyridine rings is 1. The third-order valence-corrected chi connectivity index (χ3v) is 3.96. The van der Waals surface area contributed by atoms with E-state index >= 15 is 0 Å². The smallest absolute Gasteiger partial charge is 0.227 e. The van der Waals surface area contributed by atoms with Crippen molar-refractivity contribution in [2.45, 2.75) is 19.9 Å². The number of carbonyl (C=O) groups is 1. The number of hydrogen-bond donors (Lipinski definition) is 1. The number of anilines is 1. The molecular weight excluding hydrogens is 342 g/mol. The summed E-state index contributed by atoms with van der Waals surface area (Å²) in [7, 11) is 0. The van der Waals surface area contributed by atoms with Crippen molar-refractivity contribution in [2.75, 3.05) is 5.32 Å². The van der Waals surface area contributed by atoms with Gasteiger partial charge in [-0.3, -0.25) is 4.79 Å². The molecule has 5 heteroatoms. The van der Waals surface area contributed by atoms with Crippen LogP contribution in [0.25, 0.3) is 10.9 Å². The highest BCUT2D eigenvalue weighted by Gasteiger charge is 2.06. The van der Waals surface area contributed by atoms with Crippen LogP contribution >= 0.6 is 15.9 Å². The van der Waals surface area contributed by atoms with Crippen molar-refractivity contribution in [2.24, 2.45) is 0 Å². The summed E-state index contributed by atoms with van der Waals surface area (Å²) < 4.78 is 3.14. The van der Waals surface area contributed by atoms with Crippen LogP contribution in [0.1, 0.15) is 12.1 Å². The van der Waals surface area contributed by atoms with Gasteiger partial charge in [-0.25, -0.2) is 4.98 Å². The Kier molecular flexibility index (Phi) is 4.24. The van der Waals surface area contributed by atoms with Crippen LogP contribution in [0, 0.1) is 6.92 Å². The first-order valence-corrected chi connectivity index (χ1v) is 7.89. The first-order chi connectivity index (χ1) is 10.6. The van der Waals surface area contributed by atoms with Crippen LogP contribution in [0.15, 0.2) is 53.1 Å². The van der Waals surface area contributed by atoms with Gasteiger partial charge in [0.15, 0.2) is 0 Å². The Hall–Kier alpha value is -2.14. The maximum atomic E-state index is 12.0. The summed E-state index contributed by atoms with van der Waals surface area (Å²) in [6.45, 7) is 2.54. The van der Waals surface area contributed by atoms with E-state index in [9.17, 15) is 4.79 Å². The first kappa shape index (κ1) is 14.8. The van der Waals surface area contributed by atoms with E-state index in [0.717, 1.165) is 21.1 Å². The molecule has 0 fully saturated rings. The van der Waals surface area contributed by atoms with Gasteiger partial charge in [-0.1, -0.05) is 22.0 Å². The van der Waals surface area contributed by atoms with Crippen LogP contribution in [0.2, 0.25) is 0 Å². The minimum absolute atomic E-state index is 0.0305. The van der Waals surface area contributed by atoms with Crippen molar-refractivity contribution in [3.8, 4) is 0 Å². The van der Waals surface area contributed by atoms with Crippen LogP contribution in [0.5, 0.6) is 0 Å². The van der Waals surface area contributed by atoms with Gasteiger partial charge in [0, 0.05) is 40.2 Å². The first-order valence-electron chi connectivity index (χ1n) is 7.10. The highest BCUT2D eigenvalue weighted by molar-refractivity contribution is 9.10. The van der Waals surface area contributed by atoms with E-state index in [2.05, 4.69) is 49.0 Å². The Labute approximate surface area is 137 Å². The van der Waals surface area contributed by atoms with Gasteiger partial charge in [0.2, 0.25) is 5.91 Å². The summed E-state index contributed by atoms with van der Waals surface area (Å²) in [5, 5.41) is 3.99. The number of hydrogen-bond acceptors (Lipinski definition) is 2. The topological polar surface area (TPSA) is 46.9 Å². The third kappa shape index (κ3) is 3.36. The molecule has 0 bridgehead atoms. The van der Waals surface area contributed by atoms with Gasteiger partial charge in [0.05, 0.1) is 0 Å². The molecule has 0 aliphatic rings. The van der Waals surface area contributed by atoms with Gasteiger partial charge in [-0.05, 0) is 43.3 Å². The molecule has 0 saturated carbocycles. The second kappa shape index (κ2) is 6.32. The van der Waals surface area contributed by atoms with Crippen molar-refractivity contribution in [1.82, 2.24) is 9.55 Å². The van der Waals surface area contributed by atoms with Crippen LogP contribution in [-0.2, 0) is 11.3 Å². The average molecular weight is 358 g/mol. The number of fused-ring (bicyclic) bond motifs is 1. The molecule has 3 aromatic rings. The molecule has 0 atom stereocenters. The molecule has 2 aromatic heterocycles. The molecule has 1 N–H and O–H groups in total. The highest BCUT2D eigenvalue weighted by Crippen LogP contribution is 2.21. The number of halogens is 1. The van der Waals surface area contributed by atoms with E-state index in [0.29, 0.717) is 18.8 Å². The molecule has 3 rings (SSSR count). The fourth-order valence-corrected chi connectivity index (χ4v) is 2.78.